The summed E-state index contributed by atoms with van der Waals surface area (Å²) in [7, 11) is 1.21. The number of ether oxygens (including phenoxy) is 4. The van der Waals surface area contributed by atoms with E-state index in [1.54, 1.807) is 37.3 Å². The molecule has 0 amide bonds. The summed E-state index contributed by atoms with van der Waals surface area (Å²) < 4.78 is 24.1. The van der Waals surface area contributed by atoms with Gasteiger partial charge in [-0.05, 0) is 49.9 Å². The molecular weight excluding hydrogens is 544 g/mol. The number of hydrogen-bond acceptors (Lipinski definition) is 12. The molecule has 1 saturated carbocycles. The Kier molecular flexibility index (Phi) is 10.7. The highest BCUT2D eigenvalue weighted by molar-refractivity contribution is 5.75. The van der Waals surface area contributed by atoms with Gasteiger partial charge in [0.25, 0.3) is 6.41 Å². The van der Waals surface area contributed by atoms with E-state index in [9.17, 15) is 20.3 Å². The van der Waals surface area contributed by atoms with E-state index < -0.39 is 42.8 Å². The second kappa shape index (κ2) is 14.4. The van der Waals surface area contributed by atoms with Crippen molar-refractivity contribution in [2.45, 2.75) is 69.3 Å². The number of carbonyl (C=O) groups is 1. The van der Waals surface area contributed by atoms with Crippen LogP contribution in [-0.4, -0.2) is 75.3 Å². The Hall–Kier alpha value is -3.80. The van der Waals surface area contributed by atoms with Crippen molar-refractivity contribution in [3.8, 4) is 11.8 Å². The van der Waals surface area contributed by atoms with Crippen LogP contribution >= 0.6 is 0 Å². The largest absolute Gasteiger partial charge is 0.464 e. The third-order valence-electron chi connectivity index (χ3n) is 7.51. The van der Waals surface area contributed by atoms with Gasteiger partial charge in [0.2, 0.25) is 5.60 Å². The lowest BCUT2D eigenvalue weighted by Crippen LogP contribution is -2.54. The molecule has 1 unspecified atom stereocenters. The highest BCUT2D eigenvalue weighted by Crippen LogP contribution is 2.30. The fourth-order valence-electron chi connectivity index (χ4n) is 4.91. The first-order chi connectivity index (χ1) is 20.3. The number of aliphatic hydroxyl groups is 2. The first-order valence-corrected chi connectivity index (χ1v) is 13.9. The number of benzene rings is 1. The molecule has 226 valence electrons. The fraction of sp³-hybridized carbons (Fsp3) is 0.517. The summed E-state index contributed by atoms with van der Waals surface area (Å²) in [5.41, 5.74) is 4.41. The van der Waals surface area contributed by atoms with Crippen LogP contribution in [0.2, 0.25) is 0 Å². The van der Waals surface area contributed by atoms with E-state index in [1.807, 2.05) is 12.1 Å². The molecule has 42 heavy (non-hydrogen) atoms. The maximum absolute atomic E-state index is 12.8. The summed E-state index contributed by atoms with van der Waals surface area (Å²) in [6, 6.07) is 12.9. The number of aliphatic hydroxyl groups excluding tert-OH is 2. The lowest BCUT2D eigenvalue weighted by molar-refractivity contribution is -0.189. The SMILES string of the molecule is COC(C#N)(CO[C@@H](N[C@@H](C)C(=O)OCC1CCCCC1)Oc1ccccc1)[C@@H](O)[C@@H](O)c1ccc2c(N)ncnn12. The van der Waals surface area contributed by atoms with Crippen LogP contribution in [0.4, 0.5) is 5.82 Å². The number of fused-ring (bicyclic) bond motifs is 1. The van der Waals surface area contributed by atoms with Gasteiger partial charge in [-0.1, -0.05) is 37.5 Å². The van der Waals surface area contributed by atoms with Gasteiger partial charge in [0, 0.05) is 7.11 Å². The summed E-state index contributed by atoms with van der Waals surface area (Å²) in [5.74, 6) is 0.489. The van der Waals surface area contributed by atoms with E-state index in [1.165, 1.54) is 30.4 Å². The number of nitrogens with two attached hydrogens (primary N) is 1. The molecule has 1 fully saturated rings. The minimum atomic E-state index is -2.05. The molecule has 1 aliphatic carbocycles. The van der Waals surface area contributed by atoms with Gasteiger partial charge >= 0.3 is 5.97 Å². The summed E-state index contributed by atoms with van der Waals surface area (Å²) >= 11 is 0. The monoisotopic (exact) mass is 582 g/mol. The number of anilines is 1. The molecule has 0 radical (unpaired) electrons. The van der Waals surface area contributed by atoms with E-state index in [0.717, 1.165) is 25.7 Å². The van der Waals surface area contributed by atoms with Crippen LogP contribution in [0.3, 0.4) is 0 Å². The zero-order valence-electron chi connectivity index (χ0n) is 23.8. The molecule has 1 aliphatic rings. The quantitative estimate of drug-likeness (QED) is 0.160. The third-order valence-corrected chi connectivity index (χ3v) is 7.51. The Labute approximate surface area is 244 Å². The van der Waals surface area contributed by atoms with Crippen molar-refractivity contribution >= 4 is 17.3 Å². The van der Waals surface area contributed by atoms with Crippen molar-refractivity contribution in [1.29, 1.82) is 5.26 Å². The van der Waals surface area contributed by atoms with Crippen molar-refractivity contribution in [1.82, 2.24) is 19.9 Å². The van der Waals surface area contributed by atoms with Gasteiger partial charge in [-0.3, -0.25) is 4.79 Å². The maximum atomic E-state index is 12.8. The summed E-state index contributed by atoms with van der Waals surface area (Å²) in [6.45, 7) is 1.42. The van der Waals surface area contributed by atoms with Crippen molar-refractivity contribution in [2.24, 2.45) is 5.92 Å². The van der Waals surface area contributed by atoms with E-state index >= 15 is 0 Å². The minimum absolute atomic E-state index is 0.160. The molecule has 0 saturated heterocycles. The number of nitriles is 1. The van der Waals surface area contributed by atoms with Gasteiger partial charge in [-0.2, -0.15) is 10.4 Å². The van der Waals surface area contributed by atoms with Crippen LogP contribution in [0.15, 0.2) is 48.8 Å². The average molecular weight is 583 g/mol. The lowest BCUT2D eigenvalue weighted by Gasteiger charge is -2.34. The van der Waals surface area contributed by atoms with Crippen molar-refractivity contribution in [3.05, 3.63) is 54.5 Å². The Morgan fingerprint density at radius 1 is 1.21 bits per heavy atom. The molecule has 0 bridgehead atoms. The molecule has 5 atom stereocenters. The second-order valence-corrected chi connectivity index (χ2v) is 10.4. The van der Waals surface area contributed by atoms with Gasteiger partial charge in [0.15, 0.2) is 5.82 Å². The van der Waals surface area contributed by atoms with Gasteiger partial charge in [0.05, 0.1) is 18.9 Å². The van der Waals surface area contributed by atoms with Crippen molar-refractivity contribution < 1.29 is 34.0 Å². The number of carbonyl (C=O) groups excluding carboxylic acids is 1. The molecule has 5 N–H and O–H groups in total. The van der Waals surface area contributed by atoms with Crippen LogP contribution in [-0.2, 0) is 19.0 Å². The summed E-state index contributed by atoms with van der Waals surface area (Å²) in [5, 5.41) is 39.4. The number of methoxy groups -OCH3 is 1. The maximum Gasteiger partial charge on any atom is 0.323 e. The van der Waals surface area contributed by atoms with E-state index in [-0.39, 0.29) is 11.5 Å². The third kappa shape index (κ3) is 7.33. The van der Waals surface area contributed by atoms with E-state index in [4.69, 9.17) is 24.7 Å². The van der Waals surface area contributed by atoms with Crippen LogP contribution in [0.1, 0.15) is 50.8 Å². The van der Waals surface area contributed by atoms with Crippen LogP contribution in [0, 0.1) is 17.2 Å². The Morgan fingerprint density at radius 2 is 1.95 bits per heavy atom. The number of rotatable bonds is 14. The Morgan fingerprint density at radius 3 is 2.64 bits per heavy atom. The zero-order valence-corrected chi connectivity index (χ0v) is 23.8. The first kappa shape index (κ1) is 31.1. The highest BCUT2D eigenvalue weighted by atomic mass is 16.7. The average Bonchev–Trinajstić information content (AvgIpc) is 3.46. The molecule has 4 rings (SSSR count). The smallest absolute Gasteiger partial charge is 0.323 e. The Balaban J connectivity index is 1.46. The van der Waals surface area contributed by atoms with Gasteiger partial charge in [0.1, 0.15) is 41.9 Å². The summed E-state index contributed by atoms with van der Waals surface area (Å²) in [6.07, 6.45) is 2.11. The van der Waals surface area contributed by atoms with Gasteiger partial charge in [-0.25, -0.2) is 14.8 Å². The first-order valence-electron chi connectivity index (χ1n) is 13.9. The minimum Gasteiger partial charge on any atom is -0.464 e. The molecule has 0 aliphatic heterocycles. The van der Waals surface area contributed by atoms with Crippen molar-refractivity contribution in [2.75, 3.05) is 26.1 Å². The molecule has 3 aromatic rings. The van der Waals surface area contributed by atoms with Crippen LogP contribution in [0.25, 0.3) is 5.52 Å². The van der Waals surface area contributed by atoms with E-state index in [0.29, 0.717) is 23.8 Å². The van der Waals surface area contributed by atoms with Crippen molar-refractivity contribution in [3.63, 3.8) is 0 Å². The van der Waals surface area contributed by atoms with Gasteiger partial charge < -0.3 is 34.9 Å². The number of esters is 1. The van der Waals surface area contributed by atoms with Crippen LogP contribution < -0.4 is 15.8 Å². The fourth-order valence-corrected chi connectivity index (χ4v) is 4.91. The highest BCUT2D eigenvalue weighted by Gasteiger charge is 2.45. The van der Waals surface area contributed by atoms with Gasteiger partial charge in [-0.15, -0.1) is 0 Å². The summed E-state index contributed by atoms with van der Waals surface area (Å²) in [4.78, 5) is 16.7. The number of aromatic nitrogens is 3. The standard InChI is InChI=1S/C29H38N6O7/c1-19(27(38)40-15-20-9-5-3-6-10-20)34-28(42-21-11-7-4-8-12-21)41-17-29(16-30,39-2)25(37)24(36)22-13-14-23-26(31)32-18-33-35(22)23/h4,7-8,11-14,18-20,24-25,28,34,36-37H,3,5-6,9-10,15,17H2,1-2H3,(H2,31,32,33)/t19-,24-,25-,28+,29?/m0/s1. The molecule has 2 heterocycles. The topological polar surface area (TPSA) is 186 Å². The zero-order chi connectivity index (χ0) is 30.1. The van der Waals surface area contributed by atoms with E-state index in [2.05, 4.69) is 15.4 Å². The Bertz CT molecular complexity index is 1340. The molecule has 13 nitrogen and oxygen atoms in total. The van der Waals surface area contributed by atoms with Crippen LogP contribution in [0.5, 0.6) is 5.75 Å². The molecule has 13 heteroatoms. The lowest BCUT2D eigenvalue weighted by atomic mass is 9.90. The predicted molar refractivity (Wildman–Crippen MR) is 151 cm³/mol. The molecule has 1 aromatic carbocycles. The molecule has 0 spiro atoms. The normalized spacial score (nSPS) is 18.4. The number of para-hydroxylation sites is 1. The molecular formula is C29H38N6O7. The molecule has 2 aromatic heterocycles. The number of nitrogen functional groups attached to an aromatic ring is 1. The number of nitrogens with zero attached hydrogens (tertiary/aromatic N) is 4. The number of hydrogen-bond donors (Lipinski definition) is 4. The number of nitrogens with one attached hydrogen (secondary N) is 1. The second-order valence-electron chi connectivity index (χ2n) is 10.4. The predicted octanol–water partition coefficient (Wildman–Crippen LogP) is 2.10.